The van der Waals surface area contributed by atoms with Crippen molar-refractivity contribution in [3.05, 3.63) is 64.4 Å². The van der Waals surface area contributed by atoms with Crippen molar-refractivity contribution >= 4 is 11.6 Å². The van der Waals surface area contributed by atoms with Gasteiger partial charge >= 0.3 is 0 Å². The lowest BCUT2D eigenvalue weighted by molar-refractivity contribution is 0.133. The number of benzene rings is 1. The number of hydrogen-bond donors (Lipinski definition) is 1. The van der Waals surface area contributed by atoms with Crippen molar-refractivity contribution in [1.82, 2.24) is 29.9 Å². The Morgan fingerprint density at radius 2 is 2.00 bits per heavy atom. The van der Waals surface area contributed by atoms with Crippen LogP contribution in [0.4, 0.5) is 0 Å². The summed E-state index contributed by atoms with van der Waals surface area (Å²) in [7, 11) is 0. The number of aromatic nitrogens is 3. The molecule has 1 aromatic carbocycles. The van der Waals surface area contributed by atoms with Gasteiger partial charge in [0.2, 0.25) is 0 Å². The topological polar surface area (TPSA) is 82.2 Å². The van der Waals surface area contributed by atoms with Gasteiger partial charge in [0.05, 0.1) is 25.0 Å². The summed E-state index contributed by atoms with van der Waals surface area (Å²) in [5, 5.41) is 22.7. The normalized spacial score (nSPS) is 25.7. The van der Waals surface area contributed by atoms with E-state index in [1.54, 1.807) is 0 Å². The van der Waals surface area contributed by atoms with Gasteiger partial charge in [0.25, 0.3) is 0 Å². The van der Waals surface area contributed by atoms with Crippen LogP contribution in [-0.2, 0) is 17.8 Å². The zero-order chi connectivity index (χ0) is 23.1. The zero-order valence-corrected chi connectivity index (χ0v) is 19.8. The minimum absolute atomic E-state index is 0.0705. The number of halogens is 1. The Labute approximate surface area is 204 Å². The highest BCUT2D eigenvalue weighted by Crippen LogP contribution is 2.35. The summed E-state index contributed by atoms with van der Waals surface area (Å²) >= 11 is 6.41. The second-order valence-electron chi connectivity index (χ2n) is 9.48. The van der Waals surface area contributed by atoms with E-state index < -0.39 is 0 Å². The number of dihydropyridines is 1. The van der Waals surface area contributed by atoms with Gasteiger partial charge in [-0.1, -0.05) is 17.7 Å². The Morgan fingerprint density at radius 3 is 2.79 bits per heavy atom. The molecule has 4 aliphatic rings. The molecule has 8 nitrogen and oxygen atoms in total. The van der Waals surface area contributed by atoms with Crippen LogP contribution < -0.4 is 5.32 Å². The number of likely N-dealkylation sites (tertiary alicyclic amines) is 1. The Balaban J connectivity index is 1.26. The van der Waals surface area contributed by atoms with E-state index in [1.165, 1.54) is 5.56 Å². The number of nitrogens with one attached hydrogen (secondary N) is 1. The third kappa shape index (κ3) is 4.03. The fourth-order valence-electron chi connectivity index (χ4n) is 5.61. The van der Waals surface area contributed by atoms with E-state index in [2.05, 4.69) is 49.1 Å². The molecule has 6 rings (SSSR count). The van der Waals surface area contributed by atoms with Crippen LogP contribution in [0, 0.1) is 11.3 Å². The van der Waals surface area contributed by atoms with Gasteiger partial charge in [-0.15, -0.1) is 10.2 Å². The molecular formula is C25H28ClN7O. The van der Waals surface area contributed by atoms with Gasteiger partial charge in [-0.25, -0.2) is 0 Å². The molecule has 176 valence electrons. The molecule has 1 unspecified atom stereocenters. The number of rotatable bonds is 3. The number of ether oxygens (including phenoxy) is 1. The highest BCUT2D eigenvalue weighted by Gasteiger charge is 2.33. The molecule has 1 aromatic heterocycles. The molecule has 2 fully saturated rings. The van der Waals surface area contributed by atoms with Crippen molar-refractivity contribution in [3.63, 3.8) is 0 Å². The molecular weight excluding hydrogens is 450 g/mol. The van der Waals surface area contributed by atoms with Crippen molar-refractivity contribution in [2.24, 2.45) is 0 Å². The standard InChI is InChI=1S/C25H28ClN7O/c26-19-4-5-22-18(12-19)14-32(21-8-11-34-16-21)15-24-29-30-25(33(22)24)17-6-9-31(10-7-17)23-3-1-2-20(13-27)28-23/h1-5,12,17,21,23,28H,6-11,14-16H2/t21-,23?/m1/s1. The van der Waals surface area contributed by atoms with Crippen molar-refractivity contribution in [1.29, 1.82) is 5.26 Å². The van der Waals surface area contributed by atoms with E-state index in [0.717, 1.165) is 81.0 Å². The number of fused-ring (bicyclic) bond motifs is 3. The van der Waals surface area contributed by atoms with Crippen LogP contribution in [0.3, 0.4) is 0 Å². The third-order valence-electron chi connectivity index (χ3n) is 7.45. The molecule has 4 aliphatic heterocycles. The van der Waals surface area contributed by atoms with Gasteiger partial charge in [-0.2, -0.15) is 5.26 Å². The summed E-state index contributed by atoms with van der Waals surface area (Å²) in [6.45, 7) is 5.05. The minimum atomic E-state index is 0.0705. The van der Waals surface area contributed by atoms with Crippen LogP contribution in [-0.4, -0.2) is 63.1 Å². The smallest absolute Gasteiger partial charge is 0.151 e. The first-order valence-electron chi connectivity index (χ1n) is 12.0. The van der Waals surface area contributed by atoms with Gasteiger partial charge < -0.3 is 10.1 Å². The SMILES string of the molecule is N#CC1=CC=CC(N2CCC(c3nnc4n3-c3ccc(Cl)cc3CN([C@@H]3CCOC3)C4)CC2)N1. The lowest BCUT2D eigenvalue weighted by Crippen LogP contribution is -2.48. The molecule has 2 saturated heterocycles. The maximum Gasteiger partial charge on any atom is 0.151 e. The lowest BCUT2D eigenvalue weighted by atomic mass is 9.95. The average Bonchev–Trinajstić information content (AvgIpc) is 3.52. The second kappa shape index (κ2) is 9.16. The number of nitrogens with zero attached hydrogens (tertiary/aromatic N) is 6. The summed E-state index contributed by atoms with van der Waals surface area (Å²) in [6.07, 6.45) is 9.01. The summed E-state index contributed by atoms with van der Waals surface area (Å²) in [5.74, 6) is 2.37. The quantitative estimate of drug-likeness (QED) is 0.727. The van der Waals surface area contributed by atoms with Crippen molar-refractivity contribution in [2.45, 2.75) is 50.5 Å². The Morgan fingerprint density at radius 1 is 1.12 bits per heavy atom. The first-order chi connectivity index (χ1) is 16.7. The Bertz CT molecular complexity index is 1170. The van der Waals surface area contributed by atoms with Gasteiger partial charge in [0, 0.05) is 43.2 Å². The van der Waals surface area contributed by atoms with E-state index in [1.807, 2.05) is 18.2 Å². The first kappa shape index (κ1) is 21.8. The van der Waals surface area contributed by atoms with Crippen LogP contribution in [0.25, 0.3) is 5.69 Å². The van der Waals surface area contributed by atoms with Crippen LogP contribution in [0.2, 0.25) is 5.02 Å². The lowest BCUT2D eigenvalue weighted by Gasteiger charge is -2.37. The van der Waals surface area contributed by atoms with Crippen molar-refractivity contribution in [2.75, 3.05) is 26.3 Å². The summed E-state index contributed by atoms with van der Waals surface area (Å²) in [6, 6.07) is 8.77. The van der Waals surface area contributed by atoms with Gasteiger partial charge in [0.1, 0.15) is 17.6 Å². The summed E-state index contributed by atoms with van der Waals surface area (Å²) in [5.41, 5.74) is 2.97. The molecule has 0 radical (unpaired) electrons. The molecule has 2 atom stereocenters. The fraction of sp³-hybridized carbons (Fsp3) is 0.480. The van der Waals surface area contributed by atoms with Crippen LogP contribution in [0.15, 0.2) is 42.1 Å². The largest absolute Gasteiger partial charge is 0.380 e. The molecule has 0 saturated carbocycles. The second-order valence-corrected chi connectivity index (χ2v) is 9.92. The Hall–Kier alpha value is -2.70. The molecule has 0 amide bonds. The average molecular weight is 478 g/mol. The van der Waals surface area contributed by atoms with Crippen LogP contribution in [0.1, 0.15) is 42.4 Å². The molecule has 0 aliphatic carbocycles. The fourth-order valence-corrected chi connectivity index (χ4v) is 5.81. The number of nitriles is 1. The monoisotopic (exact) mass is 477 g/mol. The molecule has 9 heteroatoms. The van der Waals surface area contributed by atoms with Crippen LogP contribution in [0.5, 0.6) is 0 Å². The molecule has 34 heavy (non-hydrogen) atoms. The maximum atomic E-state index is 9.23. The highest BCUT2D eigenvalue weighted by atomic mass is 35.5. The molecule has 0 bridgehead atoms. The number of allylic oxidation sites excluding steroid dienone is 3. The van der Waals surface area contributed by atoms with E-state index in [0.29, 0.717) is 17.7 Å². The minimum Gasteiger partial charge on any atom is -0.380 e. The maximum absolute atomic E-state index is 9.23. The highest BCUT2D eigenvalue weighted by molar-refractivity contribution is 6.30. The van der Waals surface area contributed by atoms with Crippen molar-refractivity contribution < 1.29 is 4.74 Å². The van der Waals surface area contributed by atoms with Gasteiger partial charge in [0.15, 0.2) is 5.82 Å². The molecule has 0 spiro atoms. The van der Waals surface area contributed by atoms with Crippen molar-refractivity contribution in [3.8, 4) is 11.8 Å². The molecule has 2 aromatic rings. The predicted molar refractivity (Wildman–Crippen MR) is 128 cm³/mol. The van der Waals surface area contributed by atoms with E-state index in [9.17, 15) is 5.26 Å². The predicted octanol–water partition coefficient (Wildman–Crippen LogP) is 3.10. The Kier molecular flexibility index (Phi) is 5.87. The van der Waals surface area contributed by atoms with Crippen LogP contribution >= 0.6 is 11.6 Å². The summed E-state index contributed by atoms with van der Waals surface area (Å²) in [4.78, 5) is 4.86. The van der Waals surface area contributed by atoms with E-state index in [4.69, 9.17) is 21.4 Å². The van der Waals surface area contributed by atoms with E-state index >= 15 is 0 Å². The summed E-state index contributed by atoms with van der Waals surface area (Å²) < 4.78 is 7.97. The van der Waals surface area contributed by atoms with Gasteiger partial charge in [-0.05, 0) is 55.2 Å². The third-order valence-corrected chi connectivity index (χ3v) is 7.68. The van der Waals surface area contributed by atoms with E-state index in [-0.39, 0.29) is 6.17 Å². The zero-order valence-electron chi connectivity index (χ0n) is 19.0. The number of piperidine rings is 1. The number of hydrogen-bond acceptors (Lipinski definition) is 7. The first-order valence-corrected chi connectivity index (χ1v) is 12.4. The molecule has 5 heterocycles. The van der Waals surface area contributed by atoms with Gasteiger partial charge in [-0.3, -0.25) is 14.4 Å². The molecule has 1 N–H and O–H groups in total.